The average Bonchev–Trinajstić information content (AvgIpc) is 2.97. The smallest absolute Gasteiger partial charge is 0.276 e. The highest BCUT2D eigenvalue weighted by atomic mass is 32.1. The van der Waals surface area contributed by atoms with Crippen LogP contribution in [0.15, 0.2) is 21.3 Å². The van der Waals surface area contributed by atoms with Crippen molar-refractivity contribution in [1.82, 2.24) is 20.3 Å². The number of nitrogens with one attached hydrogen (secondary N) is 1. The molecule has 6 nitrogen and oxygen atoms in total. The first kappa shape index (κ1) is 10.0. The van der Waals surface area contributed by atoms with E-state index in [2.05, 4.69) is 20.3 Å². The van der Waals surface area contributed by atoms with E-state index in [9.17, 15) is 0 Å². The zero-order chi connectivity index (χ0) is 11.8. The van der Waals surface area contributed by atoms with Crippen molar-refractivity contribution in [2.45, 2.75) is 6.92 Å². The van der Waals surface area contributed by atoms with Gasteiger partial charge in [0.25, 0.3) is 5.89 Å². The van der Waals surface area contributed by atoms with Crippen molar-refractivity contribution in [3.8, 4) is 23.0 Å². The average molecular weight is 247 g/mol. The summed E-state index contributed by atoms with van der Waals surface area (Å²) < 4.78 is 5.16. The highest BCUT2D eigenvalue weighted by Crippen LogP contribution is 2.26. The topological polar surface area (TPSA) is 93.6 Å². The lowest BCUT2D eigenvalue weighted by Crippen LogP contribution is -1.81. The van der Waals surface area contributed by atoms with Gasteiger partial charge >= 0.3 is 0 Å². The highest BCUT2D eigenvalue weighted by molar-refractivity contribution is 7.08. The molecule has 17 heavy (non-hydrogen) atoms. The Morgan fingerprint density at radius 2 is 2.29 bits per heavy atom. The molecule has 0 saturated carbocycles. The van der Waals surface area contributed by atoms with E-state index < -0.39 is 0 Å². The van der Waals surface area contributed by atoms with Gasteiger partial charge in [0, 0.05) is 17.0 Å². The van der Waals surface area contributed by atoms with Crippen molar-refractivity contribution < 1.29 is 4.52 Å². The molecule has 0 aliphatic heterocycles. The first-order valence-electron chi connectivity index (χ1n) is 4.92. The fraction of sp³-hybridized carbons (Fsp3) is 0.100. The number of nitrogens with two attached hydrogens (primary N) is 1. The summed E-state index contributed by atoms with van der Waals surface area (Å²) in [6.45, 7) is 2.01. The van der Waals surface area contributed by atoms with E-state index in [-0.39, 0.29) is 0 Å². The minimum absolute atomic E-state index is 0.384. The quantitative estimate of drug-likeness (QED) is 0.723. The molecule has 0 spiro atoms. The van der Waals surface area contributed by atoms with E-state index in [1.54, 1.807) is 17.4 Å². The second-order valence-electron chi connectivity index (χ2n) is 3.60. The number of nitrogen functional groups attached to an aromatic ring is 1. The summed E-state index contributed by atoms with van der Waals surface area (Å²) >= 11 is 1.61. The first-order valence-corrected chi connectivity index (χ1v) is 5.86. The Hall–Kier alpha value is -2.15. The number of aromatic nitrogens is 4. The second kappa shape index (κ2) is 3.70. The molecule has 3 heterocycles. The first-order chi connectivity index (χ1) is 8.24. The molecule has 0 atom stereocenters. The summed E-state index contributed by atoms with van der Waals surface area (Å²) in [5, 5.41) is 14.5. The number of hydrogen-bond donors (Lipinski definition) is 2. The van der Waals surface area contributed by atoms with Crippen molar-refractivity contribution >= 4 is 17.2 Å². The lowest BCUT2D eigenvalue weighted by atomic mass is 10.2. The number of aromatic amines is 1. The summed E-state index contributed by atoms with van der Waals surface area (Å²) in [7, 11) is 0. The molecule has 0 amide bonds. The van der Waals surface area contributed by atoms with Crippen LogP contribution in [0.3, 0.4) is 0 Å². The lowest BCUT2D eigenvalue weighted by molar-refractivity contribution is 0.431. The third-order valence-electron chi connectivity index (χ3n) is 2.35. The lowest BCUT2D eigenvalue weighted by Gasteiger charge is -1.88. The zero-order valence-electron chi connectivity index (χ0n) is 8.97. The van der Waals surface area contributed by atoms with E-state index in [1.807, 2.05) is 17.7 Å². The molecule has 0 saturated heterocycles. The van der Waals surface area contributed by atoms with E-state index in [0.29, 0.717) is 23.2 Å². The molecule has 3 rings (SSSR count). The molecule has 0 aliphatic rings. The maximum atomic E-state index is 5.51. The van der Waals surface area contributed by atoms with Crippen LogP contribution >= 0.6 is 11.3 Å². The summed E-state index contributed by atoms with van der Waals surface area (Å²) in [5.41, 5.74) is 8.25. The number of H-pyrrole nitrogens is 1. The monoisotopic (exact) mass is 247 g/mol. The van der Waals surface area contributed by atoms with Crippen LogP contribution in [0.1, 0.15) is 5.56 Å². The van der Waals surface area contributed by atoms with E-state index in [1.165, 1.54) is 0 Å². The van der Waals surface area contributed by atoms with E-state index in [0.717, 1.165) is 11.1 Å². The Morgan fingerprint density at radius 1 is 1.41 bits per heavy atom. The van der Waals surface area contributed by atoms with Crippen LogP contribution in [0.4, 0.5) is 5.82 Å². The van der Waals surface area contributed by atoms with Gasteiger partial charge in [-0.3, -0.25) is 5.10 Å². The number of aryl methyl sites for hydroxylation is 1. The number of hydrogen-bond acceptors (Lipinski definition) is 6. The molecule has 3 aromatic heterocycles. The van der Waals surface area contributed by atoms with Gasteiger partial charge in [-0.25, -0.2) is 0 Å². The van der Waals surface area contributed by atoms with Crippen LogP contribution in [0.25, 0.3) is 23.0 Å². The van der Waals surface area contributed by atoms with Gasteiger partial charge in [-0.05, 0) is 17.9 Å². The minimum Gasteiger partial charge on any atom is -0.382 e. The molecule has 0 fully saturated rings. The molecule has 0 aromatic carbocycles. The third kappa shape index (κ3) is 1.70. The van der Waals surface area contributed by atoms with Gasteiger partial charge in [-0.1, -0.05) is 5.16 Å². The van der Waals surface area contributed by atoms with Crippen molar-refractivity contribution in [2.24, 2.45) is 0 Å². The number of anilines is 1. The Bertz CT molecular complexity index is 653. The summed E-state index contributed by atoms with van der Waals surface area (Å²) in [4.78, 5) is 4.30. The predicted molar refractivity (Wildman–Crippen MR) is 64.3 cm³/mol. The van der Waals surface area contributed by atoms with Crippen LogP contribution in [-0.4, -0.2) is 20.3 Å². The largest absolute Gasteiger partial charge is 0.382 e. The van der Waals surface area contributed by atoms with Gasteiger partial charge in [0.15, 0.2) is 0 Å². The zero-order valence-corrected chi connectivity index (χ0v) is 9.78. The predicted octanol–water partition coefficient (Wildman–Crippen LogP) is 2.08. The van der Waals surface area contributed by atoms with E-state index >= 15 is 0 Å². The molecule has 7 heteroatoms. The van der Waals surface area contributed by atoms with Crippen LogP contribution in [0.5, 0.6) is 0 Å². The molecule has 86 valence electrons. The molecule has 0 unspecified atom stereocenters. The Morgan fingerprint density at radius 3 is 2.94 bits per heavy atom. The fourth-order valence-electron chi connectivity index (χ4n) is 1.48. The molecule has 3 aromatic rings. The van der Waals surface area contributed by atoms with Gasteiger partial charge in [-0.2, -0.15) is 21.4 Å². The standard InChI is InChI=1S/C10H9N5OS/c1-5-3-17-4-6(5)9-12-10(16-15-9)7-2-8(11)14-13-7/h2-4H,1H3,(H3,11,13,14). The second-order valence-corrected chi connectivity index (χ2v) is 4.34. The normalized spacial score (nSPS) is 10.9. The van der Waals surface area contributed by atoms with Crippen molar-refractivity contribution in [3.05, 3.63) is 22.4 Å². The van der Waals surface area contributed by atoms with Crippen molar-refractivity contribution in [3.63, 3.8) is 0 Å². The molecular weight excluding hydrogens is 238 g/mol. The maximum Gasteiger partial charge on any atom is 0.276 e. The summed E-state index contributed by atoms with van der Waals surface area (Å²) in [6, 6.07) is 1.65. The van der Waals surface area contributed by atoms with E-state index in [4.69, 9.17) is 10.3 Å². The summed E-state index contributed by atoms with van der Waals surface area (Å²) in [6.07, 6.45) is 0. The Kier molecular flexibility index (Phi) is 2.19. The van der Waals surface area contributed by atoms with Gasteiger partial charge in [0.05, 0.1) is 0 Å². The molecule has 0 radical (unpaired) electrons. The van der Waals surface area contributed by atoms with Crippen LogP contribution in [0.2, 0.25) is 0 Å². The van der Waals surface area contributed by atoms with Gasteiger partial charge < -0.3 is 10.3 Å². The highest BCUT2D eigenvalue weighted by Gasteiger charge is 2.14. The number of thiophene rings is 1. The SMILES string of the molecule is Cc1cscc1-c1noc(-c2cc(N)n[nH]2)n1. The molecular formula is C10H9N5OS. The molecule has 0 bridgehead atoms. The third-order valence-corrected chi connectivity index (χ3v) is 3.21. The van der Waals surface area contributed by atoms with Gasteiger partial charge in [-0.15, -0.1) is 0 Å². The minimum atomic E-state index is 0.384. The maximum absolute atomic E-state index is 5.51. The van der Waals surface area contributed by atoms with Gasteiger partial charge in [0.1, 0.15) is 11.5 Å². The Balaban J connectivity index is 2.01. The molecule has 0 aliphatic carbocycles. The van der Waals surface area contributed by atoms with Crippen LogP contribution in [0, 0.1) is 6.92 Å². The van der Waals surface area contributed by atoms with Crippen molar-refractivity contribution in [1.29, 1.82) is 0 Å². The van der Waals surface area contributed by atoms with Crippen molar-refractivity contribution in [2.75, 3.05) is 5.73 Å². The number of nitrogens with zero attached hydrogens (tertiary/aromatic N) is 3. The van der Waals surface area contributed by atoms with Crippen LogP contribution < -0.4 is 5.73 Å². The fourth-order valence-corrected chi connectivity index (χ4v) is 2.31. The van der Waals surface area contributed by atoms with Crippen LogP contribution in [-0.2, 0) is 0 Å². The summed E-state index contributed by atoms with van der Waals surface area (Å²) in [5.74, 6) is 1.35. The van der Waals surface area contributed by atoms with Gasteiger partial charge in [0.2, 0.25) is 5.82 Å². The molecule has 3 N–H and O–H groups in total. The Labute approximate surface area is 100 Å². The number of rotatable bonds is 2.